The number of nitrogens with zero attached hydrogens (tertiary/aromatic N) is 1. The Morgan fingerprint density at radius 3 is 2.58 bits per heavy atom. The Kier molecular flexibility index (Phi) is 3.36. The van der Waals surface area contributed by atoms with Crippen LogP contribution in [-0.2, 0) is 0 Å². The number of benzene rings is 1. The maximum absolute atomic E-state index is 3.63. The molecule has 1 aliphatic heterocycles. The number of hydrogen-bond acceptors (Lipinski definition) is 1. The SMILES string of the molecule is CC(C)c1ccc2[nH]c(C3CCN(C)CC3)cc2c1. The fourth-order valence-corrected chi connectivity index (χ4v) is 3.07. The van der Waals surface area contributed by atoms with E-state index in [2.05, 4.69) is 55.0 Å². The molecular formula is C17H24N2. The third kappa shape index (κ3) is 2.55. The molecule has 1 aliphatic rings. The molecule has 102 valence electrons. The van der Waals surface area contributed by atoms with Gasteiger partial charge in [0.05, 0.1) is 0 Å². The summed E-state index contributed by atoms with van der Waals surface area (Å²) in [6, 6.07) is 9.21. The Hall–Kier alpha value is -1.28. The molecule has 19 heavy (non-hydrogen) atoms. The second-order valence-electron chi connectivity index (χ2n) is 6.30. The largest absolute Gasteiger partial charge is 0.358 e. The number of nitrogens with one attached hydrogen (secondary N) is 1. The summed E-state index contributed by atoms with van der Waals surface area (Å²) in [5.41, 5.74) is 4.16. The van der Waals surface area contributed by atoms with Gasteiger partial charge in [-0.25, -0.2) is 0 Å². The zero-order chi connectivity index (χ0) is 13.4. The molecule has 1 N–H and O–H groups in total. The number of H-pyrrole nitrogens is 1. The van der Waals surface area contributed by atoms with Gasteiger partial charge < -0.3 is 9.88 Å². The van der Waals surface area contributed by atoms with Gasteiger partial charge in [0.1, 0.15) is 0 Å². The molecule has 0 aliphatic carbocycles. The molecule has 2 heterocycles. The van der Waals surface area contributed by atoms with E-state index in [1.807, 2.05) is 0 Å². The molecule has 1 fully saturated rings. The van der Waals surface area contributed by atoms with Crippen molar-refractivity contribution in [2.75, 3.05) is 20.1 Å². The number of fused-ring (bicyclic) bond motifs is 1. The van der Waals surface area contributed by atoms with Gasteiger partial charge in [-0.2, -0.15) is 0 Å². The van der Waals surface area contributed by atoms with Crippen LogP contribution in [0.25, 0.3) is 10.9 Å². The summed E-state index contributed by atoms with van der Waals surface area (Å²) < 4.78 is 0. The maximum atomic E-state index is 3.63. The van der Waals surface area contributed by atoms with Crippen molar-refractivity contribution in [3.05, 3.63) is 35.5 Å². The van der Waals surface area contributed by atoms with Gasteiger partial charge >= 0.3 is 0 Å². The maximum Gasteiger partial charge on any atom is 0.0456 e. The molecule has 0 amide bonds. The Balaban J connectivity index is 1.89. The number of piperidine rings is 1. The summed E-state index contributed by atoms with van der Waals surface area (Å²) in [5.74, 6) is 1.32. The van der Waals surface area contributed by atoms with E-state index in [0.29, 0.717) is 11.8 Å². The van der Waals surface area contributed by atoms with Crippen LogP contribution in [0.5, 0.6) is 0 Å². The lowest BCUT2D eigenvalue weighted by Gasteiger charge is -2.28. The number of hydrogen-bond donors (Lipinski definition) is 1. The van der Waals surface area contributed by atoms with Crippen molar-refractivity contribution >= 4 is 10.9 Å². The molecule has 0 radical (unpaired) electrons. The first kappa shape index (κ1) is 12.7. The third-order valence-electron chi connectivity index (χ3n) is 4.49. The highest BCUT2D eigenvalue weighted by Gasteiger charge is 2.19. The summed E-state index contributed by atoms with van der Waals surface area (Å²) in [6.45, 7) is 6.95. The summed E-state index contributed by atoms with van der Waals surface area (Å²) in [7, 11) is 2.22. The second kappa shape index (κ2) is 5.01. The first-order valence-corrected chi connectivity index (χ1v) is 7.44. The van der Waals surface area contributed by atoms with Crippen LogP contribution >= 0.6 is 0 Å². The van der Waals surface area contributed by atoms with E-state index in [1.54, 1.807) is 0 Å². The molecular weight excluding hydrogens is 232 g/mol. The highest BCUT2D eigenvalue weighted by atomic mass is 15.1. The van der Waals surface area contributed by atoms with Gasteiger partial charge in [-0.05, 0) is 68.0 Å². The predicted octanol–water partition coefficient (Wildman–Crippen LogP) is 4.10. The fourth-order valence-electron chi connectivity index (χ4n) is 3.07. The number of rotatable bonds is 2. The summed E-state index contributed by atoms with van der Waals surface area (Å²) in [5, 5.41) is 1.38. The predicted molar refractivity (Wildman–Crippen MR) is 81.9 cm³/mol. The van der Waals surface area contributed by atoms with Crippen molar-refractivity contribution in [1.82, 2.24) is 9.88 Å². The first-order chi connectivity index (χ1) is 9.13. The van der Waals surface area contributed by atoms with Crippen molar-refractivity contribution in [1.29, 1.82) is 0 Å². The summed E-state index contributed by atoms with van der Waals surface area (Å²) >= 11 is 0. The molecule has 1 saturated heterocycles. The van der Waals surface area contributed by atoms with Gasteiger partial charge in [0.25, 0.3) is 0 Å². The van der Waals surface area contributed by atoms with Gasteiger partial charge in [-0.15, -0.1) is 0 Å². The molecule has 0 atom stereocenters. The molecule has 2 heteroatoms. The van der Waals surface area contributed by atoms with Gasteiger partial charge in [-0.3, -0.25) is 0 Å². The summed E-state index contributed by atoms with van der Waals surface area (Å²) in [6.07, 6.45) is 2.56. The van der Waals surface area contributed by atoms with E-state index >= 15 is 0 Å². The van der Waals surface area contributed by atoms with Crippen LogP contribution in [0.2, 0.25) is 0 Å². The monoisotopic (exact) mass is 256 g/mol. The van der Waals surface area contributed by atoms with Gasteiger partial charge in [0.2, 0.25) is 0 Å². The average Bonchev–Trinajstić information content (AvgIpc) is 2.82. The summed E-state index contributed by atoms with van der Waals surface area (Å²) in [4.78, 5) is 6.05. The lowest BCUT2D eigenvalue weighted by molar-refractivity contribution is 0.254. The van der Waals surface area contributed by atoms with E-state index in [9.17, 15) is 0 Å². The highest BCUT2D eigenvalue weighted by molar-refractivity contribution is 5.81. The Morgan fingerprint density at radius 1 is 1.16 bits per heavy atom. The lowest BCUT2D eigenvalue weighted by atomic mass is 9.94. The van der Waals surface area contributed by atoms with E-state index in [1.165, 1.54) is 48.1 Å². The molecule has 0 saturated carbocycles. The number of likely N-dealkylation sites (tertiary alicyclic amines) is 1. The van der Waals surface area contributed by atoms with Crippen molar-refractivity contribution < 1.29 is 0 Å². The van der Waals surface area contributed by atoms with Crippen LogP contribution in [-0.4, -0.2) is 30.0 Å². The van der Waals surface area contributed by atoms with Gasteiger partial charge in [0.15, 0.2) is 0 Å². The second-order valence-corrected chi connectivity index (χ2v) is 6.30. The molecule has 3 rings (SSSR count). The Labute approximate surface area is 115 Å². The molecule has 2 aromatic rings. The highest BCUT2D eigenvalue weighted by Crippen LogP contribution is 2.30. The van der Waals surface area contributed by atoms with Gasteiger partial charge in [0, 0.05) is 17.1 Å². The minimum Gasteiger partial charge on any atom is -0.358 e. The van der Waals surface area contributed by atoms with Crippen molar-refractivity contribution in [2.45, 2.75) is 38.5 Å². The van der Waals surface area contributed by atoms with Crippen LogP contribution in [0.1, 0.15) is 49.8 Å². The van der Waals surface area contributed by atoms with E-state index in [0.717, 1.165) is 0 Å². The van der Waals surface area contributed by atoms with Crippen molar-refractivity contribution in [2.24, 2.45) is 0 Å². The quantitative estimate of drug-likeness (QED) is 0.857. The smallest absolute Gasteiger partial charge is 0.0456 e. The molecule has 0 spiro atoms. The first-order valence-electron chi connectivity index (χ1n) is 7.44. The fraction of sp³-hybridized carbons (Fsp3) is 0.529. The van der Waals surface area contributed by atoms with Crippen LogP contribution in [0.4, 0.5) is 0 Å². The van der Waals surface area contributed by atoms with Crippen LogP contribution < -0.4 is 0 Å². The zero-order valence-corrected chi connectivity index (χ0v) is 12.2. The Bertz CT molecular complexity index is 560. The number of aromatic amines is 1. The Morgan fingerprint density at radius 2 is 1.89 bits per heavy atom. The molecule has 1 aromatic carbocycles. The minimum absolute atomic E-state index is 0.603. The normalized spacial score (nSPS) is 18.5. The third-order valence-corrected chi connectivity index (χ3v) is 4.49. The van der Waals surface area contributed by atoms with Crippen LogP contribution in [0.3, 0.4) is 0 Å². The van der Waals surface area contributed by atoms with E-state index in [-0.39, 0.29) is 0 Å². The van der Waals surface area contributed by atoms with Crippen LogP contribution in [0.15, 0.2) is 24.3 Å². The minimum atomic E-state index is 0.603. The standard InChI is InChI=1S/C17H24N2/c1-12(2)14-4-5-16-15(10-14)11-17(18-16)13-6-8-19(3)9-7-13/h4-5,10-13,18H,6-9H2,1-3H3. The average molecular weight is 256 g/mol. The zero-order valence-electron chi connectivity index (χ0n) is 12.2. The number of aromatic nitrogens is 1. The van der Waals surface area contributed by atoms with Crippen molar-refractivity contribution in [3.63, 3.8) is 0 Å². The molecule has 0 bridgehead atoms. The lowest BCUT2D eigenvalue weighted by Crippen LogP contribution is -2.29. The van der Waals surface area contributed by atoms with E-state index in [4.69, 9.17) is 0 Å². The van der Waals surface area contributed by atoms with Gasteiger partial charge in [-0.1, -0.05) is 19.9 Å². The van der Waals surface area contributed by atoms with Crippen LogP contribution in [0, 0.1) is 0 Å². The molecule has 1 aromatic heterocycles. The molecule has 2 nitrogen and oxygen atoms in total. The topological polar surface area (TPSA) is 19.0 Å². The van der Waals surface area contributed by atoms with Crippen molar-refractivity contribution in [3.8, 4) is 0 Å². The molecule has 0 unspecified atom stereocenters. The van der Waals surface area contributed by atoms with E-state index < -0.39 is 0 Å².